The maximum atomic E-state index is 10.2. The monoisotopic (exact) mass is 151 g/mol. The molecule has 9 heavy (non-hydrogen) atoms. The molecule has 0 radical (unpaired) electrons. The van der Waals surface area contributed by atoms with Crippen molar-refractivity contribution in [2.24, 2.45) is 0 Å². The zero-order valence-corrected chi connectivity index (χ0v) is 5.94. The fourth-order valence-corrected chi connectivity index (χ4v) is 0.482. The molecule has 5 heteroatoms. The molecule has 0 bridgehead atoms. The van der Waals surface area contributed by atoms with Crippen molar-refractivity contribution in [1.29, 1.82) is 0 Å². The number of nitrogens with one attached hydrogen (secondary N) is 1. The minimum atomic E-state index is -3.36. The average molecular weight is 151 g/mol. The summed E-state index contributed by atoms with van der Waals surface area (Å²) in [4.78, 5) is 0. The first-order valence-corrected chi connectivity index (χ1v) is 4.10. The van der Waals surface area contributed by atoms with Gasteiger partial charge in [-0.15, -0.1) is 6.58 Å². The van der Waals surface area contributed by atoms with Crippen molar-refractivity contribution in [3.05, 3.63) is 12.7 Å². The third-order valence-electron chi connectivity index (χ3n) is 0.438. The molecule has 0 aromatic heterocycles. The van der Waals surface area contributed by atoms with Crippen molar-refractivity contribution < 1.29 is 12.7 Å². The van der Waals surface area contributed by atoms with Gasteiger partial charge in [0.25, 0.3) is 10.1 Å². The van der Waals surface area contributed by atoms with Crippen LogP contribution in [0.25, 0.3) is 0 Å². The first-order valence-electron chi connectivity index (χ1n) is 2.28. The van der Waals surface area contributed by atoms with E-state index in [-0.39, 0.29) is 0 Å². The molecular formula is C4H9NO3S. The smallest absolute Gasteiger partial charge is 0.198 e. The van der Waals surface area contributed by atoms with E-state index >= 15 is 0 Å². The molecule has 0 saturated carbocycles. The zero-order valence-electron chi connectivity index (χ0n) is 5.12. The predicted molar refractivity (Wildman–Crippen MR) is 34.1 cm³/mol. The molecule has 4 nitrogen and oxygen atoms in total. The second kappa shape index (κ2) is 3.60. The lowest BCUT2D eigenvalue weighted by Gasteiger charge is -1.96. The Kier molecular flexibility index (Phi) is 3.44. The van der Waals surface area contributed by atoms with E-state index in [0.717, 1.165) is 6.26 Å². The SMILES string of the molecule is C=CCNOS(C)(=O)=O. The van der Waals surface area contributed by atoms with Gasteiger partial charge in [0, 0.05) is 6.54 Å². The van der Waals surface area contributed by atoms with Crippen LogP contribution in [0.15, 0.2) is 12.7 Å². The third-order valence-corrected chi connectivity index (χ3v) is 0.859. The van der Waals surface area contributed by atoms with Gasteiger partial charge >= 0.3 is 0 Å². The van der Waals surface area contributed by atoms with E-state index in [1.54, 1.807) is 0 Å². The Morgan fingerprint density at radius 3 is 2.67 bits per heavy atom. The Morgan fingerprint density at radius 2 is 2.33 bits per heavy atom. The van der Waals surface area contributed by atoms with Crippen LogP contribution in [0.2, 0.25) is 0 Å². The summed E-state index contributed by atoms with van der Waals surface area (Å²) in [5.41, 5.74) is 2.17. The largest absolute Gasteiger partial charge is 0.280 e. The Bertz CT molecular complexity index is 172. The molecule has 0 heterocycles. The van der Waals surface area contributed by atoms with Crippen LogP contribution in [0, 0.1) is 0 Å². The molecule has 54 valence electrons. The van der Waals surface area contributed by atoms with Crippen molar-refractivity contribution in [2.45, 2.75) is 0 Å². The van der Waals surface area contributed by atoms with E-state index in [1.807, 2.05) is 0 Å². The number of hydrogen-bond acceptors (Lipinski definition) is 4. The summed E-state index contributed by atoms with van der Waals surface area (Å²) in [6.45, 7) is 3.66. The fourth-order valence-electron chi connectivity index (χ4n) is 0.200. The van der Waals surface area contributed by atoms with Gasteiger partial charge in [0.05, 0.1) is 6.26 Å². The second-order valence-electron chi connectivity index (χ2n) is 1.42. The fraction of sp³-hybridized carbons (Fsp3) is 0.500. The molecule has 0 aromatic carbocycles. The molecular weight excluding hydrogens is 142 g/mol. The van der Waals surface area contributed by atoms with Gasteiger partial charge in [0.1, 0.15) is 0 Å². The number of hydroxylamine groups is 1. The molecule has 0 rings (SSSR count). The van der Waals surface area contributed by atoms with E-state index in [1.165, 1.54) is 6.08 Å². The number of hydrogen-bond donors (Lipinski definition) is 1. The van der Waals surface area contributed by atoms with Gasteiger partial charge in [-0.05, 0) is 0 Å². The van der Waals surface area contributed by atoms with Crippen LogP contribution in [0.4, 0.5) is 0 Å². The molecule has 0 aliphatic rings. The van der Waals surface area contributed by atoms with Crippen LogP contribution in [-0.4, -0.2) is 21.2 Å². The quantitative estimate of drug-likeness (QED) is 0.339. The summed E-state index contributed by atoms with van der Waals surface area (Å²) in [7, 11) is -3.36. The first kappa shape index (κ1) is 8.61. The van der Waals surface area contributed by atoms with Gasteiger partial charge in [-0.3, -0.25) is 0 Å². The Balaban J connectivity index is 3.40. The Hall–Kier alpha value is -0.390. The summed E-state index contributed by atoms with van der Waals surface area (Å²) in [6.07, 6.45) is 2.45. The highest BCUT2D eigenvalue weighted by atomic mass is 32.2. The lowest BCUT2D eigenvalue weighted by molar-refractivity contribution is 0.219. The van der Waals surface area contributed by atoms with Crippen molar-refractivity contribution in [3.8, 4) is 0 Å². The zero-order chi connectivity index (χ0) is 7.33. The third kappa shape index (κ3) is 7.61. The molecule has 0 aliphatic heterocycles. The van der Waals surface area contributed by atoms with Gasteiger partial charge < -0.3 is 0 Å². The van der Waals surface area contributed by atoms with Crippen LogP contribution in [0.3, 0.4) is 0 Å². The molecule has 0 atom stereocenters. The standard InChI is InChI=1S/C4H9NO3S/c1-3-4-5-8-9(2,6)7/h3,5H,1,4H2,2H3. The van der Waals surface area contributed by atoms with Crippen molar-refractivity contribution >= 4 is 10.1 Å². The topological polar surface area (TPSA) is 55.4 Å². The van der Waals surface area contributed by atoms with E-state index in [0.29, 0.717) is 6.54 Å². The molecule has 0 saturated heterocycles. The van der Waals surface area contributed by atoms with Crippen LogP contribution < -0.4 is 5.48 Å². The van der Waals surface area contributed by atoms with Crippen LogP contribution in [0.5, 0.6) is 0 Å². The number of rotatable bonds is 4. The highest BCUT2D eigenvalue weighted by Crippen LogP contribution is 1.78. The molecule has 0 aliphatic carbocycles. The second-order valence-corrected chi connectivity index (χ2v) is 3.00. The summed E-state index contributed by atoms with van der Waals surface area (Å²) in [5.74, 6) is 0. The normalized spacial score (nSPS) is 11.2. The maximum Gasteiger partial charge on any atom is 0.280 e. The minimum Gasteiger partial charge on any atom is -0.198 e. The van der Waals surface area contributed by atoms with Gasteiger partial charge in [-0.25, -0.2) is 0 Å². The lowest BCUT2D eigenvalue weighted by Crippen LogP contribution is -2.18. The van der Waals surface area contributed by atoms with Gasteiger partial charge in [-0.1, -0.05) is 6.08 Å². The molecule has 0 spiro atoms. The van der Waals surface area contributed by atoms with Crippen molar-refractivity contribution in [1.82, 2.24) is 5.48 Å². The summed E-state index contributed by atoms with van der Waals surface area (Å²) < 4.78 is 24.5. The summed E-state index contributed by atoms with van der Waals surface area (Å²) in [6, 6.07) is 0. The maximum absolute atomic E-state index is 10.2. The van der Waals surface area contributed by atoms with Gasteiger partial charge in [0.15, 0.2) is 0 Å². The van der Waals surface area contributed by atoms with Crippen LogP contribution in [0.1, 0.15) is 0 Å². The lowest BCUT2D eigenvalue weighted by atomic mass is 10.7. The molecule has 0 aromatic rings. The van der Waals surface area contributed by atoms with Crippen molar-refractivity contribution in [3.63, 3.8) is 0 Å². The van der Waals surface area contributed by atoms with E-state index in [9.17, 15) is 8.42 Å². The molecule has 0 amide bonds. The van der Waals surface area contributed by atoms with Gasteiger partial charge in [-0.2, -0.15) is 18.2 Å². The predicted octanol–water partition coefficient (Wildman–Crippen LogP) is -0.347. The summed E-state index contributed by atoms with van der Waals surface area (Å²) >= 11 is 0. The van der Waals surface area contributed by atoms with Gasteiger partial charge in [0.2, 0.25) is 0 Å². The Morgan fingerprint density at radius 1 is 1.78 bits per heavy atom. The highest BCUT2D eigenvalue weighted by molar-refractivity contribution is 7.85. The molecule has 0 fully saturated rings. The van der Waals surface area contributed by atoms with E-state index in [4.69, 9.17) is 0 Å². The molecule has 0 unspecified atom stereocenters. The van der Waals surface area contributed by atoms with Crippen molar-refractivity contribution in [2.75, 3.05) is 12.8 Å². The van der Waals surface area contributed by atoms with E-state index < -0.39 is 10.1 Å². The highest BCUT2D eigenvalue weighted by Gasteiger charge is 1.97. The van der Waals surface area contributed by atoms with E-state index in [2.05, 4.69) is 16.3 Å². The minimum absolute atomic E-state index is 0.313. The van der Waals surface area contributed by atoms with Crippen LogP contribution >= 0.6 is 0 Å². The summed E-state index contributed by atoms with van der Waals surface area (Å²) in [5, 5.41) is 0. The van der Waals surface area contributed by atoms with Crippen LogP contribution in [-0.2, 0) is 14.4 Å². The first-order chi connectivity index (χ1) is 4.06. The molecule has 1 N–H and O–H groups in total. The Labute approximate surface area is 54.6 Å². The average Bonchev–Trinajstić information content (AvgIpc) is 1.63.